The van der Waals surface area contributed by atoms with Crippen LogP contribution in [0.25, 0.3) is 11.3 Å². The van der Waals surface area contributed by atoms with Gasteiger partial charge >= 0.3 is 0 Å². The first-order chi connectivity index (χ1) is 7.86. The Labute approximate surface area is 94.7 Å². The van der Waals surface area contributed by atoms with Crippen molar-refractivity contribution in [2.45, 2.75) is 26.8 Å². The van der Waals surface area contributed by atoms with E-state index in [9.17, 15) is 0 Å². The van der Waals surface area contributed by atoms with E-state index in [4.69, 9.17) is 8.83 Å². The first kappa shape index (κ1) is 11.0. The van der Waals surface area contributed by atoms with Gasteiger partial charge in [-0.3, -0.25) is 0 Å². The molecule has 0 radical (unpaired) electrons. The van der Waals surface area contributed by atoms with Crippen molar-refractivity contribution in [2.75, 3.05) is 6.54 Å². The minimum atomic E-state index is 0.719. The van der Waals surface area contributed by atoms with Gasteiger partial charge in [-0.2, -0.15) is 0 Å². The molecular weight excluding hydrogens is 204 g/mol. The summed E-state index contributed by atoms with van der Waals surface area (Å²) in [6.07, 6.45) is 4.02. The van der Waals surface area contributed by atoms with Gasteiger partial charge in [0.05, 0.1) is 11.8 Å². The zero-order valence-corrected chi connectivity index (χ0v) is 9.62. The number of hydrogen-bond acceptors (Lipinski definition) is 4. The lowest BCUT2D eigenvalue weighted by Gasteiger charge is -2.01. The van der Waals surface area contributed by atoms with Crippen molar-refractivity contribution >= 4 is 0 Å². The SMILES string of the molecule is CCNCc1ncoc1-c1ccoc1CC. The van der Waals surface area contributed by atoms with Crippen molar-refractivity contribution in [3.05, 3.63) is 30.2 Å². The highest BCUT2D eigenvalue weighted by Gasteiger charge is 2.15. The van der Waals surface area contributed by atoms with Crippen molar-refractivity contribution < 1.29 is 8.83 Å². The molecule has 0 unspecified atom stereocenters. The molecule has 1 N–H and O–H groups in total. The predicted molar refractivity (Wildman–Crippen MR) is 61.0 cm³/mol. The number of rotatable bonds is 5. The topological polar surface area (TPSA) is 51.2 Å². The van der Waals surface area contributed by atoms with Crippen LogP contribution in [0.3, 0.4) is 0 Å². The minimum absolute atomic E-state index is 0.719. The maximum Gasteiger partial charge on any atom is 0.181 e. The summed E-state index contributed by atoms with van der Waals surface area (Å²) < 4.78 is 10.8. The summed E-state index contributed by atoms with van der Waals surface area (Å²) in [7, 11) is 0. The smallest absolute Gasteiger partial charge is 0.181 e. The van der Waals surface area contributed by atoms with Gasteiger partial charge in [0.1, 0.15) is 11.5 Å². The fraction of sp³-hybridized carbons (Fsp3) is 0.417. The minimum Gasteiger partial charge on any atom is -0.469 e. The van der Waals surface area contributed by atoms with Gasteiger partial charge in [0.15, 0.2) is 12.2 Å². The van der Waals surface area contributed by atoms with Crippen LogP contribution in [0.5, 0.6) is 0 Å². The van der Waals surface area contributed by atoms with Gasteiger partial charge in [-0.15, -0.1) is 0 Å². The second-order valence-corrected chi connectivity index (χ2v) is 3.52. The summed E-state index contributed by atoms with van der Waals surface area (Å²) in [5, 5.41) is 3.24. The summed E-state index contributed by atoms with van der Waals surface area (Å²) >= 11 is 0. The van der Waals surface area contributed by atoms with Gasteiger partial charge in [-0.25, -0.2) is 4.98 Å². The molecule has 0 saturated heterocycles. The van der Waals surface area contributed by atoms with Gasteiger partial charge in [-0.05, 0) is 12.6 Å². The van der Waals surface area contributed by atoms with Crippen LogP contribution < -0.4 is 5.32 Å². The Balaban J connectivity index is 2.29. The van der Waals surface area contributed by atoms with Gasteiger partial charge < -0.3 is 14.2 Å². The van der Waals surface area contributed by atoms with Crippen molar-refractivity contribution in [1.82, 2.24) is 10.3 Å². The molecule has 0 bridgehead atoms. The maximum absolute atomic E-state index is 5.44. The van der Waals surface area contributed by atoms with Gasteiger partial charge in [-0.1, -0.05) is 13.8 Å². The number of oxazole rings is 1. The van der Waals surface area contributed by atoms with E-state index in [-0.39, 0.29) is 0 Å². The molecule has 2 rings (SSSR count). The van der Waals surface area contributed by atoms with Crippen LogP contribution >= 0.6 is 0 Å². The van der Waals surface area contributed by atoms with Crippen molar-refractivity contribution in [2.24, 2.45) is 0 Å². The van der Waals surface area contributed by atoms with E-state index in [1.165, 1.54) is 6.39 Å². The molecule has 4 heteroatoms. The lowest BCUT2D eigenvalue weighted by Crippen LogP contribution is -2.12. The predicted octanol–water partition coefficient (Wildman–Crippen LogP) is 2.61. The molecule has 0 atom stereocenters. The van der Waals surface area contributed by atoms with E-state index < -0.39 is 0 Å². The first-order valence-electron chi connectivity index (χ1n) is 5.56. The molecule has 0 fully saturated rings. The molecule has 0 aliphatic heterocycles. The van der Waals surface area contributed by atoms with Crippen LogP contribution in [0.4, 0.5) is 0 Å². The number of nitrogens with one attached hydrogen (secondary N) is 1. The quantitative estimate of drug-likeness (QED) is 0.841. The molecule has 4 nitrogen and oxygen atoms in total. The Kier molecular flexibility index (Phi) is 3.41. The zero-order chi connectivity index (χ0) is 11.4. The molecule has 16 heavy (non-hydrogen) atoms. The summed E-state index contributed by atoms with van der Waals surface area (Å²) in [5.74, 6) is 1.75. The van der Waals surface area contributed by atoms with Crippen LogP contribution in [0.1, 0.15) is 25.3 Å². The standard InChI is InChI=1S/C12H16N2O2/c1-3-11-9(5-6-15-11)12-10(7-13-4-2)14-8-16-12/h5-6,8,13H,3-4,7H2,1-2H3. The van der Waals surface area contributed by atoms with Gasteiger partial charge in [0, 0.05) is 13.0 Å². The molecule has 86 valence electrons. The highest BCUT2D eigenvalue weighted by molar-refractivity contribution is 5.61. The average molecular weight is 220 g/mol. The number of hydrogen-bond donors (Lipinski definition) is 1. The van der Waals surface area contributed by atoms with E-state index in [2.05, 4.69) is 24.1 Å². The molecule has 2 heterocycles. The summed E-state index contributed by atoms with van der Waals surface area (Å²) in [6, 6.07) is 1.93. The molecule has 0 aliphatic rings. The Hall–Kier alpha value is -1.55. The monoisotopic (exact) mass is 220 g/mol. The van der Waals surface area contributed by atoms with Crippen molar-refractivity contribution in [1.29, 1.82) is 0 Å². The van der Waals surface area contributed by atoms with Gasteiger partial charge in [0.25, 0.3) is 0 Å². The molecule has 0 aliphatic carbocycles. The van der Waals surface area contributed by atoms with Crippen LogP contribution in [0.15, 0.2) is 27.6 Å². The second-order valence-electron chi connectivity index (χ2n) is 3.52. The molecule has 0 aromatic carbocycles. The average Bonchev–Trinajstić information content (AvgIpc) is 2.93. The molecule has 2 aromatic rings. The van der Waals surface area contributed by atoms with Crippen molar-refractivity contribution in [3.63, 3.8) is 0 Å². The Morgan fingerprint density at radius 2 is 2.19 bits per heavy atom. The summed E-state index contributed by atoms with van der Waals surface area (Å²) in [4.78, 5) is 4.21. The van der Waals surface area contributed by atoms with E-state index in [0.717, 1.165) is 42.3 Å². The van der Waals surface area contributed by atoms with Crippen molar-refractivity contribution in [3.8, 4) is 11.3 Å². The number of aryl methyl sites for hydroxylation is 1. The Morgan fingerprint density at radius 1 is 1.31 bits per heavy atom. The van der Waals surface area contributed by atoms with E-state index >= 15 is 0 Å². The highest BCUT2D eigenvalue weighted by atomic mass is 16.3. The third-order valence-corrected chi connectivity index (χ3v) is 2.49. The second kappa shape index (κ2) is 4.99. The molecule has 0 amide bonds. The Bertz CT molecular complexity index is 445. The largest absolute Gasteiger partial charge is 0.469 e. The lowest BCUT2D eigenvalue weighted by atomic mass is 10.1. The highest BCUT2D eigenvalue weighted by Crippen LogP contribution is 2.27. The first-order valence-corrected chi connectivity index (χ1v) is 5.56. The number of furan rings is 1. The summed E-state index contributed by atoms with van der Waals surface area (Å²) in [5.41, 5.74) is 1.94. The lowest BCUT2D eigenvalue weighted by molar-refractivity contribution is 0.512. The van der Waals surface area contributed by atoms with Crippen LogP contribution in [0.2, 0.25) is 0 Å². The third-order valence-electron chi connectivity index (χ3n) is 2.49. The maximum atomic E-state index is 5.44. The Morgan fingerprint density at radius 3 is 2.94 bits per heavy atom. The number of nitrogens with zero attached hydrogens (tertiary/aromatic N) is 1. The summed E-state index contributed by atoms with van der Waals surface area (Å²) in [6.45, 7) is 5.76. The van der Waals surface area contributed by atoms with E-state index in [0.29, 0.717) is 0 Å². The fourth-order valence-electron chi connectivity index (χ4n) is 1.67. The molecular formula is C12H16N2O2. The zero-order valence-electron chi connectivity index (χ0n) is 9.62. The normalized spacial score (nSPS) is 10.9. The molecule has 0 spiro atoms. The molecule has 0 saturated carbocycles. The molecule has 2 aromatic heterocycles. The van der Waals surface area contributed by atoms with E-state index in [1.807, 2.05) is 6.07 Å². The van der Waals surface area contributed by atoms with Crippen LogP contribution in [-0.2, 0) is 13.0 Å². The van der Waals surface area contributed by atoms with Crippen LogP contribution in [0, 0.1) is 0 Å². The third kappa shape index (κ3) is 2.02. The fourth-order valence-corrected chi connectivity index (χ4v) is 1.67. The number of aromatic nitrogens is 1. The van der Waals surface area contributed by atoms with Crippen LogP contribution in [-0.4, -0.2) is 11.5 Å². The van der Waals surface area contributed by atoms with E-state index in [1.54, 1.807) is 6.26 Å². The van der Waals surface area contributed by atoms with Gasteiger partial charge in [0.2, 0.25) is 0 Å².